The number of rotatable bonds is 6. The Bertz CT molecular complexity index is 1070. The Morgan fingerprint density at radius 1 is 1.03 bits per heavy atom. The lowest BCUT2D eigenvalue weighted by Crippen LogP contribution is -2.41. The molecule has 0 atom stereocenters. The Morgan fingerprint density at radius 3 is 2.38 bits per heavy atom. The number of aromatic nitrogens is 2. The number of amides is 2. The number of carbonyl (C=O) groups is 2. The Balaban J connectivity index is 1.68. The first-order valence-electron chi connectivity index (χ1n) is 9.70. The van der Waals surface area contributed by atoms with E-state index in [1.807, 2.05) is 42.3 Å². The van der Waals surface area contributed by atoms with E-state index in [2.05, 4.69) is 10.4 Å². The van der Waals surface area contributed by atoms with Gasteiger partial charge in [0.25, 0.3) is 0 Å². The molecule has 0 fully saturated rings. The molecule has 10 heteroatoms. The highest BCUT2D eigenvalue weighted by atomic mass is 19.4. The van der Waals surface area contributed by atoms with E-state index in [0.29, 0.717) is 6.54 Å². The van der Waals surface area contributed by atoms with E-state index in [1.165, 1.54) is 35.1 Å². The molecule has 2 amide bonds. The van der Waals surface area contributed by atoms with Gasteiger partial charge in [-0.3, -0.25) is 9.59 Å². The second-order valence-corrected chi connectivity index (χ2v) is 7.12. The van der Waals surface area contributed by atoms with Gasteiger partial charge in [-0.25, -0.2) is 4.68 Å². The fraction of sp³-hybridized carbons (Fsp3) is 0.227. The topological polar surface area (TPSA) is 70.5 Å². The first-order valence-corrected chi connectivity index (χ1v) is 9.70. The van der Waals surface area contributed by atoms with Gasteiger partial charge >= 0.3 is 18.0 Å². The molecule has 0 spiro atoms. The number of anilines is 2. The van der Waals surface area contributed by atoms with E-state index in [9.17, 15) is 22.8 Å². The van der Waals surface area contributed by atoms with Gasteiger partial charge in [0.2, 0.25) is 0 Å². The SMILES string of the molecule is CN(CCN(C)c1ccccc1)C(=O)C(=O)Nc1ccc(-n2cccn2)cc1C(F)(F)F. The van der Waals surface area contributed by atoms with Crippen molar-refractivity contribution in [3.8, 4) is 5.69 Å². The van der Waals surface area contributed by atoms with Crippen LogP contribution in [0.5, 0.6) is 0 Å². The summed E-state index contributed by atoms with van der Waals surface area (Å²) in [5.74, 6) is -2.08. The van der Waals surface area contributed by atoms with Crippen molar-refractivity contribution in [1.29, 1.82) is 0 Å². The molecule has 3 rings (SSSR count). The number of nitrogens with zero attached hydrogens (tertiary/aromatic N) is 4. The number of para-hydroxylation sites is 1. The largest absolute Gasteiger partial charge is 0.418 e. The van der Waals surface area contributed by atoms with E-state index in [0.717, 1.165) is 17.8 Å². The van der Waals surface area contributed by atoms with Gasteiger partial charge in [0.15, 0.2) is 0 Å². The van der Waals surface area contributed by atoms with Crippen LogP contribution in [0.4, 0.5) is 24.5 Å². The minimum absolute atomic E-state index is 0.174. The molecule has 7 nitrogen and oxygen atoms in total. The molecule has 0 saturated carbocycles. The van der Waals surface area contributed by atoms with Crippen LogP contribution < -0.4 is 10.2 Å². The second-order valence-electron chi connectivity index (χ2n) is 7.12. The molecule has 1 N–H and O–H groups in total. The molecule has 168 valence electrons. The molecule has 0 radical (unpaired) electrons. The first-order chi connectivity index (χ1) is 15.2. The minimum atomic E-state index is -4.74. The van der Waals surface area contributed by atoms with Crippen molar-refractivity contribution in [3.63, 3.8) is 0 Å². The Hall–Kier alpha value is -3.82. The molecule has 1 aromatic heterocycles. The van der Waals surface area contributed by atoms with E-state index >= 15 is 0 Å². The molecule has 1 heterocycles. The van der Waals surface area contributed by atoms with Crippen molar-refractivity contribution >= 4 is 23.2 Å². The molecule has 2 aromatic carbocycles. The third kappa shape index (κ3) is 5.45. The van der Waals surface area contributed by atoms with Crippen LogP contribution in [0.15, 0.2) is 67.0 Å². The Kier molecular flexibility index (Phi) is 6.82. The summed E-state index contributed by atoms with van der Waals surface area (Å²) in [4.78, 5) is 27.8. The smallest absolute Gasteiger partial charge is 0.373 e. The van der Waals surface area contributed by atoms with Gasteiger partial charge in [0.1, 0.15) is 0 Å². The lowest BCUT2D eigenvalue weighted by atomic mass is 10.1. The van der Waals surface area contributed by atoms with Crippen molar-refractivity contribution < 1.29 is 22.8 Å². The maximum absolute atomic E-state index is 13.6. The fourth-order valence-electron chi connectivity index (χ4n) is 3.00. The summed E-state index contributed by atoms with van der Waals surface area (Å²) in [6.45, 7) is 0.647. The summed E-state index contributed by atoms with van der Waals surface area (Å²) in [5.41, 5.74) is -0.461. The molecule has 0 saturated heterocycles. The van der Waals surface area contributed by atoms with Crippen LogP contribution in [0.25, 0.3) is 5.69 Å². The highest BCUT2D eigenvalue weighted by Crippen LogP contribution is 2.36. The van der Waals surface area contributed by atoms with Gasteiger partial charge in [0.05, 0.1) is 16.9 Å². The van der Waals surface area contributed by atoms with Crippen molar-refractivity contribution in [3.05, 3.63) is 72.6 Å². The predicted molar refractivity (Wildman–Crippen MR) is 115 cm³/mol. The van der Waals surface area contributed by atoms with Gasteiger partial charge in [-0.05, 0) is 36.4 Å². The molecule has 0 unspecified atom stereocenters. The standard InChI is InChI=1S/C22H22F3N5O2/c1-28(16-7-4-3-5-8-16)13-14-29(2)21(32)20(31)27-19-10-9-17(30-12-6-11-26-30)15-18(19)22(23,24)25/h3-12,15H,13-14H2,1-2H3,(H,27,31). The quantitative estimate of drug-likeness (QED) is 0.591. The summed E-state index contributed by atoms with van der Waals surface area (Å²) < 4.78 is 42.0. The summed E-state index contributed by atoms with van der Waals surface area (Å²) in [6, 6.07) is 14.4. The van der Waals surface area contributed by atoms with Crippen LogP contribution in [0.3, 0.4) is 0 Å². The molecule has 0 bridgehead atoms. The molecular formula is C22H22F3N5O2. The first kappa shape index (κ1) is 22.9. The number of hydrogen-bond donors (Lipinski definition) is 1. The lowest BCUT2D eigenvalue weighted by Gasteiger charge is -2.23. The van der Waals surface area contributed by atoms with Crippen LogP contribution in [0.2, 0.25) is 0 Å². The molecule has 3 aromatic rings. The number of benzene rings is 2. The highest BCUT2D eigenvalue weighted by molar-refractivity contribution is 6.39. The average Bonchev–Trinajstić information content (AvgIpc) is 3.31. The van der Waals surface area contributed by atoms with Gasteiger partial charge in [-0.2, -0.15) is 18.3 Å². The van der Waals surface area contributed by atoms with E-state index in [1.54, 1.807) is 6.07 Å². The van der Waals surface area contributed by atoms with Crippen molar-refractivity contribution in [2.24, 2.45) is 0 Å². The number of nitrogens with one attached hydrogen (secondary N) is 1. The zero-order valence-electron chi connectivity index (χ0n) is 17.5. The highest BCUT2D eigenvalue weighted by Gasteiger charge is 2.35. The van der Waals surface area contributed by atoms with E-state index in [-0.39, 0.29) is 12.2 Å². The number of alkyl halides is 3. The van der Waals surface area contributed by atoms with Crippen molar-refractivity contribution in [2.45, 2.75) is 6.18 Å². The maximum Gasteiger partial charge on any atom is 0.418 e. The zero-order chi connectivity index (χ0) is 23.3. The van der Waals surface area contributed by atoms with Crippen LogP contribution in [-0.2, 0) is 15.8 Å². The molecule has 0 aliphatic heterocycles. The second kappa shape index (κ2) is 9.54. The summed E-state index contributed by atoms with van der Waals surface area (Å²) in [5, 5.41) is 6.00. The maximum atomic E-state index is 13.6. The average molecular weight is 445 g/mol. The summed E-state index contributed by atoms with van der Waals surface area (Å²) in [7, 11) is 3.26. The minimum Gasteiger partial charge on any atom is -0.373 e. The van der Waals surface area contributed by atoms with Crippen LogP contribution >= 0.6 is 0 Å². The number of likely N-dealkylation sites (N-methyl/N-ethyl adjacent to an activating group) is 2. The van der Waals surface area contributed by atoms with E-state index < -0.39 is 29.2 Å². The molecule has 0 aliphatic carbocycles. The van der Waals surface area contributed by atoms with Gasteiger partial charge < -0.3 is 15.1 Å². The third-order valence-electron chi connectivity index (χ3n) is 4.83. The van der Waals surface area contributed by atoms with Gasteiger partial charge in [-0.15, -0.1) is 0 Å². The zero-order valence-corrected chi connectivity index (χ0v) is 17.5. The lowest BCUT2D eigenvalue weighted by molar-refractivity contribution is -0.142. The predicted octanol–water partition coefficient (Wildman–Crippen LogP) is 3.42. The molecule has 0 aliphatic rings. The number of hydrogen-bond acceptors (Lipinski definition) is 4. The Morgan fingerprint density at radius 2 is 1.75 bits per heavy atom. The summed E-state index contributed by atoms with van der Waals surface area (Å²) in [6.07, 6.45) is -1.80. The Labute approximate surface area is 183 Å². The molecule has 32 heavy (non-hydrogen) atoms. The fourth-order valence-corrected chi connectivity index (χ4v) is 3.00. The van der Waals surface area contributed by atoms with Crippen molar-refractivity contribution in [1.82, 2.24) is 14.7 Å². The van der Waals surface area contributed by atoms with Gasteiger partial charge in [-0.1, -0.05) is 18.2 Å². The number of halogens is 3. The van der Waals surface area contributed by atoms with Crippen LogP contribution in [0.1, 0.15) is 5.56 Å². The van der Waals surface area contributed by atoms with Crippen LogP contribution in [-0.4, -0.2) is 53.7 Å². The molecular weight excluding hydrogens is 423 g/mol. The normalized spacial score (nSPS) is 11.2. The summed E-state index contributed by atoms with van der Waals surface area (Å²) >= 11 is 0. The monoisotopic (exact) mass is 445 g/mol. The third-order valence-corrected chi connectivity index (χ3v) is 4.83. The van der Waals surface area contributed by atoms with Gasteiger partial charge in [0, 0.05) is 45.3 Å². The van der Waals surface area contributed by atoms with Crippen molar-refractivity contribution in [2.75, 3.05) is 37.4 Å². The number of carbonyl (C=O) groups excluding carboxylic acids is 2. The van der Waals surface area contributed by atoms with E-state index in [4.69, 9.17) is 0 Å². The van der Waals surface area contributed by atoms with Crippen LogP contribution in [0, 0.1) is 0 Å².